The Morgan fingerprint density at radius 3 is 2.57 bits per heavy atom. The van der Waals surface area contributed by atoms with Crippen LogP contribution in [0, 0.1) is 6.92 Å². The molecule has 0 spiro atoms. The summed E-state index contributed by atoms with van der Waals surface area (Å²) in [5, 5.41) is 2.79. The third-order valence-electron chi connectivity index (χ3n) is 3.20. The van der Waals surface area contributed by atoms with Crippen molar-refractivity contribution in [3.63, 3.8) is 0 Å². The molecule has 1 aromatic heterocycles. The molecule has 0 saturated heterocycles. The summed E-state index contributed by atoms with van der Waals surface area (Å²) in [5.41, 5.74) is 0.855. The third kappa shape index (κ3) is 3.69. The van der Waals surface area contributed by atoms with Crippen LogP contribution in [0.3, 0.4) is 0 Å². The number of carbonyl (C=O) groups is 1. The van der Waals surface area contributed by atoms with Crippen molar-refractivity contribution in [3.05, 3.63) is 52.7 Å². The second kappa shape index (κ2) is 6.66. The highest BCUT2D eigenvalue weighted by atomic mass is 35.5. The van der Waals surface area contributed by atoms with E-state index in [9.17, 15) is 13.2 Å². The number of nitrogens with one attached hydrogen (secondary N) is 1. The van der Waals surface area contributed by atoms with Crippen molar-refractivity contribution in [2.24, 2.45) is 0 Å². The molecule has 0 aliphatic rings. The highest BCUT2D eigenvalue weighted by molar-refractivity contribution is 7.89. The van der Waals surface area contributed by atoms with Gasteiger partial charge in [-0.2, -0.15) is 0 Å². The molecule has 2 aromatic rings. The number of pyridine rings is 1. The van der Waals surface area contributed by atoms with Gasteiger partial charge in [0.25, 0.3) is 5.91 Å². The zero-order valence-electron chi connectivity index (χ0n) is 12.9. The molecule has 1 amide bonds. The van der Waals surface area contributed by atoms with E-state index < -0.39 is 15.9 Å². The molecule has 2 rings (SSSR count). The minimum Gasteiger partial charge on any atom is -0.306 e. The maximum absolute atomic E-state index is 12.4. The number of rotatable bonds is 4. The van der Waals surface area contributed by atoms with Crippen molar-refractivity contribution in [2.45, 2.75) is 11.8 Å². The van der Waals surface area contributed by atoms with Gasteiger partial charge in [0.2, 0.25) is 10.0 Å². The van der Waals surface area contributed by atoms with Crippen molar-refractivity contribution in [2.75, 3.05) is 19.4 Å². The Hall–Kier alpha value is -1.96. The number of hydrogen-bond donors (Lipinski definition) is 1. The number of carbonyl (C=O) groups excluding carboxylic acids is 1. The Labute approximate surface area is 140 Å². The summed E-state index contributed by atoms with van der Waals surface area (Å²) in [6.07, 6.45) is 1.55. The number of sulfonamides is 1. The number of benzene rings is 1. The Morgan fingerprint density at radius 2 is 1.96 bits per heavy atom. The molecule has 0 atom stereocenters. The number of hydrogen-bond acceptors (Lipinski definition) is 4. The van der Waals surface area contributed by atoms with Gasteiger partial charge >= 0.3 is 0 Å². The molecular formula is C15H16ClN3O3S. The number of aromatic nitrogens is 1. The van der Waals surface area contributed by atoms with Crippen molar-refractivity contribution in [3.8, 4) is 0 Å². The number of aryl methyl sites for hydroxylation is 1. The number of amides is 1. The highest BCUT2D eigenvalue weighted by Crippen LogP contribution is 2.23. The standard InChI is InChI=1S/C15H16ClN3O3S/c1-10-5-4-8-17-14(10)18-15(20)12-9-11(6-7-13(12)16)23(21,22)19(2)3/h4-9H,1-3H3,(H,17,18,20). The van der Waals surface area contributed by atoms with Gasteiger partial charge in [0.15, 0.2) is 0 Å². The molecule has 1 aromatic carbocycles. The minimum atomic E-state index is -3.65. The van der Waals surface area contributed by atoms with Gasteiger partial charge in [0.1, 0.15) is 5.82 Å². The van der Waals surface area contributed by atoms with Crippen molar-refractivity contribution in [1.82, 2.24) is 9.29 Å². The van der Waals surface area contributed by atoms with Gasteiger partial charge in [0.05, 0.1) is 15.5 Å². The van der Waals surface area contributed by atoms with E-state index in [1.165, 1.54) is 32.3 Å². The summed E-state index contributed by atoms with van der Waals surface area (Å²) < 4.78 is 25.4. The predicted molar refractivity (Wildman–Crippen MR) is 89.3 cm³/mol. The Morgan fingerprint density at radius 1 is 1.26 bits per heavy atom. The van der Waals surface area contributed by atoms with E-state index in [0.29, 0.717) is 5.82 Å². The van der Waals surface area contributed by atoms with Gasteiger partial charge in [-0.05, 0) is 36.8 Å². The van der Waals surface area contributed by atoms with Crippen LogP contribution in [0.4, 0.5) is 5.82 Å². The average molecular weight is 354 g/mol. The molecule has 23 heavy (non-hydrogen) atoms. The third-order valence-corrected chi connectivity index (χ3v) is 5.34. The SMILES string of the molecule is Cc1cccnc1NC(=O)c1cc(S(=O)(=O)N(C)C)ccc1Cl. The molecule has 0 unspecified atom stereocenters. The molecule has 8 heteroatoms. The first-order chi connectivity index (χ1) is 10.7. The van der Waals surface area contributed by atoms with Crippen LogP contribution < -0.4 is 5.32 Å². The van der Waals surface area contributed by atoms with Crippen molar-refractivity contribution < 1.29 is 13.2 Å². The molecule has 0 aliphatic carbocycles. The summed E-state index contributed by atoms with van der Waals surface area (Å²) in [6.45, 7) is 1.80. The second-order valence-corrected chi connectivity index (χ2v) is 7.61. The zero-order valence-corrected chi connectivity index (χ0v) is 14.4. The normalized spacial score (nSPS) is 11.5. The predicted octanol–water partition coefficient (Wildman–Crippen LogP) is 2.55. The topological polar surface area (TPSA) is 79.4 Å². The van der Waals surface area contributed by atoms with Crippen LogP contribution in [0.2, 0.25) is 5.02 Å². The molecule has 0 fully saturated rings. The lowest BCUT2D eigenvalue weighted by Gasteiger charge is -2.13. The largest absolute Gasteiger partial charge is 0.306 e. The van der Waals surface area contributed by atoms with Gasteiger partial charge < -0.3 is 5.32 Å². The maximum Gasteiger partial charge on any atom is 0.258 e. The van der Waals surface area contributed by atoms with Gasteiger partial charge in [-0.15, -0.1) is 0 Å². The molecular weight excluding hydrogens is 338 g/mol. The van der Waals surface area contributed by atoms with Gasteiger partial charge in [-0.25, -0.2) is 17.7 Å². The van der Waals surface area contributed by atoms with Crippen LogP contribution in [-0.4, -0.2) is 37.7 Å². The minimum absolute atomic E-state index is 0.00482. The Bertz CT molecular complexity index is 851. The van der Waals surface area contributed by atoms with E-state index in [1.807, 2.05) is 0 Å². The van der Waals surface area contributed by atoms with Crippen LogP contribution in [0.15, 0.2) is 41.4 Å². The van der Waals surface area contributed by atoms with Crippen LogP contribution in [-0.2, 0) is 10.0 Å². The smallest absolute Gasteiger partial charge is 0.258 e. The van der Waals surface area contributed by atoms with Gasteiger partial charge in [-0.3, -0.25) is 4.79 Å². The molecule has 0 saturated carbocycles. The van der Waals surface area contributed by atoms with Gasteiger partial charge in [-0.1, -0.05) is 17.7 Å². The van der Waals surface area contributed by atoms with Crippen LogP contribution in [0.25, 0.3) is 0 Å². The first-order valence-electron chi connectivity index (χ1n) is 6.68. The molecule has 6 nitrogen and oxygen atoms in total. The zero-order chi connectivity index (χ0) is 17.2. The van der Waals surface area contributed by atoms with E-state index in [2.05, 4.69) is 10.3 Å². The molecule has 122 valence electrons. The number of halogens is 1. The molecule has 1 N–H and O–H groups in total. The fourth-order valence-corrected chi connectivity index (χ4v) is 2.97. The summed E-state index contributed by atoms with van der Waals surface area (Å²) >= 11 is 6.04. The van der Waals surface area contributed by atoms with E-state index >= 15 is 0 Å². The van der Waals surface area contributed by atoms with E-state index in [-0.39, 0.29) is 15.5 Å². The molecule has 0 bridgehead atoms. The first kappa shape index (κ1) is 17.4. The monoisotopic (exact) mass is 353 g/mol. The van der Waals surface area contributed by atoms with Gasteiger partial charge in [0, 0.05) is 20.3 Å². The van der Waals surface area contributed by atoms with Crippen molar-refractivity contribution in [1.29, 1.82) is 0 Å². The van der Waals surface area contributed by atoms with E-state index in [4.69, 9.17) is 11.6 Å². The summed E-state index contributed by atoms with van der Waals surface area (Å²) in [7, 11) is -0.816. The Balaban J connectivity index is 2.40. The van der Waals surface area contributed by atoms with Crippen LogP contribution >= 0.6 is 11.6 Å². The number of anilines is 1. The van der Waals surface area contributed by atoms with Crippen LogP contribution in [0.5, 0.6) is 0 Å². The van der Waals surface area contributed by atoms with E-state index in [1.54, 1.807) is 25.3 Å². The summed E-state index contributed by atoms with van der Waals surface area (Å²) in [5.74, 6) is -0.123. The second-order valence-electron chi connectivity index (χ2n) is 5.05. The van der Waals surface area contributed by atoms with E-state index in [0.717, 1.165) is 9.87 Å². The average Bonchev–Trinajstić information content (AvgIpc) is 2.49. The molecule has 0 aliphatic heterocycles. The maximum atomic E-state index is 12.4. The Kier molecular flexibility index (Phi) is 5.03. The lowest BCUT2D eigenvalue weighted by molar-refractivity contribution is 0.102. The lowest BCUT2D eigenvalue weighted by Crippen LogP contribution is -2.23. The fourth-order valence-electron chi connectivity index (χ4n) is 1.84. The molecule has 0 radical (unpaired) electrons. The molecule has 1 heterocycles. The quantitative estimate of drug-likeness (QED) is 0.916. The highest BCUT2D eigenvalue weighted by Gasteiger charge is 2.21. The summed E-state index contributed by atoms with van der Waals surface area (Å²) in [4.78, 5) is 16.5. The lowest BCUT2D eigenvalue weighted by atomic mass is 10.2. The summed E-state index contributed by atoms with van der Waals surface area (Å²) in [6, 6.07) is 7.56. The number of nitrogens with zero attached hydrogens (tertiary/aromatic N) is 2. The fraction of sp³-hybridized carbons (Fsp3) is 0.200. The van der Waals surface area contributed by atoms with Crippen LogP contribution in [0.1, 0.15) is 15.9 Å². The first-order valence-corrected chi connectivity index (χ1v) is 8.50. The van der Waals surface area contributed by atoms with Crippen molar-refractivity contribution >= 4 is 33.3 Å².